The lowest BCUT2D eigenvalue weighted by molar-refractivity contribution is -0.121. The lowest BCUT2D eigenvalue weighted by Gasteiger charge is -2.17. The molecule has 1 heterocycles. The summed E-state index contributed by atoms with van der Waals surface area (Å²) in [5, 5.41) is 3.04. The highest BCUT2D eigenvalue weighted by Gasteiger charge is 2.23. The number of hydrogen-bond acceptors (Lipinski definition) is 3. The average molecular weight is 311 g/mol. The lowest BCUT2D eigenvalue weighted by atomic mass is 9.93. The summed E-state index contributed by atoms with van der Waals surface area (Å²) >= 11 is 0. The van der Waals surface area contributed by atoms with E-state index in [1.54, 1.807) is 6.20 Å². The molecular weight excluding hydrogens is 286 g/mol. The minimum atomic E-state index is -0.365. The SMILES string of the molecule is Cc1ccc(C(C(=O)NCCCN(C)C)c2ccccn2)cc1. The number of nitrogens with one attached hydrogen (secondary N) is 1. The van der Waals surface area contributed by atoms with Gasteiger partial charge in [0.05, 0.1) is 5.69 Å². The van der Waals surface area contributed by atoms with Gasteiger partial charge in [0, 0.05) is 12.7 Å². The van der Waals surface area contributed by atoms with Crippen LogP contribution in [0.25, 0.3) is 0 Å². The normalized spacial score (nSPS) is 12.2. The highest BCUT2D eigenvalue weighted by molar-refractivity contribution is 5.86. The Balaban J connectivity index is 2.14. The third-order valence-corrected chi connectivity index (χ3v) is 3.74. The summed E-state index contributed by atoms with van der Waals surface area (Å²) in [6, 6.07) is 13.8. The molecule has 2 rings (SSSR count). The van der Waals surface area contributed by atoms with Crippen molar-refractivity contribution in [3.05, 3.63) is 65.5 Å². The van der Waals surface area contributed by atoms with Crippen LogP contribution in [0.5, 0.6) is 0 Å². The van der Waals surface area contributed by atoms with Crippen molar-refractivity contribution in [3.63, 3.8) is 0 Å². The van der Waals surface area contributed by atoms with Gasteiger partial charge in [0.15, 0.2) is 0 Å². The van der Waals surface area contributed by atoms with Crippen molar-refractivity contribution in [2.24, 2.45) is 0 Å². The Morgan fingerprint density at radius 3 is 2.52 bits per heavy atom. The van der Waals surface area contributed by atoms with Gasteiger partial charge in [0.25, 0.3) is 0 Å². The van der Waals surface area contributed by atoms with E-state index < -0.39 is 0 Å². The van der Waals surface area contributed by atoms with Gasteiger partial charge < -0.3 is 10.2 Å². The van der Waals surface area contributed by atoms with Crippen LogP contribution in [0.3, 0.4) is 0 Å². The van der Waals surface area contributed by atoms with Crippen molar-refractivity contribution in [2.75, 3.05) is 27.2 Å². The first-order chi connectivity index (χ1) is 11.1. The third kappa shape index (κ3) is 5.18. The van der Waals surface area contributed by atoms with Gasteiger partial charge in [0.2, 0.25) is 5.91 Å². The molecule has 0 fully saturated rings. The number of rotatable bonds is 7. The van der Waals surface area contributed by atoms with Crippen LogP contribution in [-0.2, 0) is 4.79 Å². The number of nitrogens with zero attached hydrogens (tertiary/aromatic N) is 2. The molecule has 1 N–H and O–H groups in total. The van der Waals surface area contributed by atoms with E-state index in [0.717, 1.165) is 24.2 Å². The molecule has 0 bridgehead atoms. The Bertz CT molecular complexity index is 608. The van der Waals surface area contributed by atoms with Crippen molar-refractivity contribution in [1.29, 1.82) is 0 Å². The summed E-state index contributed by atoms with van der Waals surface area (Å²) in [6.07, 6.45) is 2.66. The molecule has 2 aromatic rings. The second kappa shape index (κ2) is 8.44. The fourth-order valence-corrected chi connectivity index (χ4v) is 2.47. The van der Waals surface area contributed by atoms with Crippen LogP contribution in [0.4, 0.5) is 0 Å². The molecule has 1 unspecified atom stereocenters. The standard InChI is InChI=1S/C19H25N3O/c1-15-8-10-16(11-9-15)18(17-7-4-5-12-20-17)19(23)21-13-6-14-22(2)3/h4-5,7-12,18H,6,13-14H2,1-3H3,(H,21,23). The second-order valence-corrected chi connectivity index (χ2v) is 6.05. The van der Waals surface area contributed by atoms with Crippen molar-refractivity contribution in [3.8, 4) is 0 Å². The largest absolute Gasteiger partial charge is 0.355 e. The number of carbonyl (C=O) groups excluding carboxylic acids is 1. The smallest absolute Gasteiger partial charge is 0.233 e. The summed E-state index contributed by atoms with van der Waals surface area (Å²) in [4.78, 5) is 19.2. The van der Waals surface area contributed by atoms with E-state index in [2.05, 4.69) is 15.2 Å². The van der Waals surface area contributed by atoms with Gasteiger partial charge in [-0.05, 0) is 51.7 Å². The summed E-state index contributed by atoms with van der Waals surface area (Å²) in [6.45, 7) is 3.67. The highest BCUT2D eigenvalue weighted by atomic mass is 16.1. The van der Waals surface area contributed by atoms with Gasteiger partial charge in [-0.1, -0.05) is 35.9 Å². The molecule has 4 heteroatoms. The van der Waals surface area contributed by atoms with Gasteiger partial charge in [-0.2, -0.15) is 0 Å². The Morgan fingerprint density at radius 2 is 1.91 bits per heavy atom. The van der Waals surface area contributed by atoms with Gasteiger partial charge in [0.1, 0.15) is 5.92 Å². The Labute approximate surface area is 138 Å². The Hall–Kier alpha value is -2.20. The predicted octanol–water partition coefficient (Wildman–Crippen LogP) is 2.59. The first kappa shape index (κ1) is 17.2. The van der Waals surface area contributed by atoms with Crippen molar-refractivity contribution < 1.29 is 4.79 Å². The number of aryl methyl sites for hydroxylation is 1. The van der Waals surface area contributed by atoms with Crippen LogP contribution < -0.4 is 5.32 Å². The summed E-state index contributed by atoms with van der Waals surface area (Å²) in [5.41, 5.74) is 2.93. The fourth-order valence-electron chi connectivity index (χ4n) is 2.47. The van der Waals surface area contributed by atoms with Gasteiger partial charge >= 0.3 is 0 Å². The molecular formula is C19H25N3O. The second-order valence-electron chi connectivity index (χ2n) is 6.05. The Kier molecular flexibility index (Phi) is 6.29. The molecule has 0 aliphatic heterocycles. The lowest BCUT2D eigenvalue weighted by Crippen LogP contribution is -2.32. The molecule has 0 aliphatic carbocycles. The van der Waals surface area contributed by atoms with Crippen LogP contribution in [0.15, 0.2) is 48.7 Å². The number of hydrogen-bond donors (Lipinski definition) is 1. The average Bonchev–Trinajstić information content (AvgIpc) is 2.54. The number of carbonyl (C=O) groups is 1. The molecule has 0 radical (unpaired) electrons. The van der Waals surface area contributed by atoms with Crippen LogP contribution >= 0.6 is 0 Å². The quantitative estimate of drug-likeness (QED) is 0.800. The minimum absolute atomic E-state index is 0.00584. The number of aromatic nitrogens is 1. The number of benzene rings is 1. The summed E-state index contributed by atoms with van der Waals surface area (Å²) in [5.74, 6) is -0.359. The van der Waals surface area contributed by atoms with Crippen LogP contribution in [0.1, 0.15) is 29.2 Å². The van der Waals surface area contributed by atoms with E-state index in [1.807, 2.05) is 63.5 Å². The molecule has 23 heavy (non-hydrogen) atoms. The van der Waals surface area contributed by atoms with E-state index in [9.17, 15) is 4.79 Å². The van der Waals surface area contributed by atoms with Crippen LogP contribution in [-0.4, -0.2) is 43.0 Å². The molecule has 1 aromatic carbocycles. The highest BCUT2D eigenvalue weighted by Crippen LogP contribution is 2.23. The van der Waals surface area contributed by atoms with E-state index in [-0.39, 0.29) is 11.8 Å². The predicted molar refractivity (Wildman–Crippen MR) is 93.4 cm³/mol. The maximum Gasteiger partial charge on any atom is 0.233 e. The zero-order chi connectivity index (χ0) is 16.7. The summed E-state index contributed by atoms with van der Waals surface area (Å²) < 4.78 is 0. The van der Waals surface area contributed by atoms with Crippen molar-refractivity contribution in [2.45, 2.75) is 19.3 Å². The molecule has 0 aliphatic rings. The molecule has 122 valence electrons. The fraction of sp³-hybridized carbons (Fsp3) is 0.368. The van der Waals surface area contributed by atoms with Gasteiger partial charge in [-0.3, -0.25) is 9.78 Å². The van der Waals surface area contributed by atoms with Crippen molar-refractivity contribution >= 4 is 5.91 Å². The van der Waals surface area contributed by atoms with E-state index in [4.69, 9.17) is 0 Å². The number of amides is 1. The molecule has 1 amide bonds. The first-order valence-corrected chi connectivity index (χ1v) is 7.98. The maximum absolute atomic E-state index is 12.7. The van der Waals surface area contributed by atoms with E-state index >= 15 is 0 Å². The summed E-state index contributed by atoms with van der Waals surface area (Å²) in [7, 11) is 4.07. The van der Waals surface area contributed by atoms with Crippen LogP contribution in [0.2, 0.25) is 0 Å². The topological polar surface area (TPSA) is 45.2 Å². The van der Waals surface area contributed by atoms with E-state index in [1.165, 1.54) is 5.56 Å². The molecule has 0 spiro atoms. The van der Waals surface area contributed by atoms with Gasteiger partial charge in [-0.25, -0.2) is 0 Å². The van der Waals surface area contributed by atoms with Crippen molar-refractivity contribution in [1.82, 2.24) is 15.2 Å². The molecule has 1 aromatic heterocycles. The maximum atomic E-state index is 12.7. The molecule has 4 nitrogen and oxygen atoms in total. The van der Waals surface area contributed by atoms with Crippen LogP contribution in [0, 0.1) is 6.92 Å². The van der Waals surface area contributed by atoms with Gasteiger partial charge in [-0.15, -0.1) is 0 Å². The number of pyridine rings is 1. The monoisotopic (exact) mass is 311 g/mol. The van der Waals surface area contributed by atoms with E-state index in [0.29, 0.717) is 6.54 Å². The minimum Gasteiger partial charge on any atom is -0.355 e. The molecule has 1 atom stereocenters. The molecule has 0 saturated carbocycles. The Morgan fingerprint density at radius 1 is 1.17 bits per heavy atom. The molecule has 0 saturated heterocycles. The third-order valence-electron chi connectivity index (χ3n) is 3.74. The zero-order valence-corrected chi connectivity index (χ0v) is 14.1. The zero-order valence-electron chi connectivity index (χ0n) is 14.1. The first-order valence-electron chi connectivity index (χ1n) is 7.98.